The van der Waals surface area contributed by atoms with E-state index in [2.05, 4.69) is 50.3 Å². The highest BCUT2D eigenvalue weighted by molar-refractivity contribution is 6.03. The molecule has 0 fully saturated rings. The maximum atomic E-state index is 12.5. The number of anilines is 3. The van der Waals surface area contributed by atoms with Crippen molar-refractivity contribution < 1.29 is 4.79 Å². The van der Waals surface area contributed by atoms with Gasteiger partial charge in [-0.2, -0.15) is 0 Å². The van der Waals surface area contributed by atoms with Gasteiger partial charge in [0.05, 0.1) is 12.4 Å². The molecule has 0 unspecified atom stereocenters. The third kappa shape index (κ3) is 6.20. The topological polar surface area (TPSA) is 73.4 Å². The van der Waals surface area contributed by atoms with E-state index in [1.165, 1.54) is 6.20 Å². The summed E-state index contributed by atoms with van der Waals surface area (Å²) >= 11 is 0. The average Bonchev–Trinajstić information content (AvgIpc) is 2.68. The summed E-state index contributed by atoms with van der Waals surface area (Å²) in [6, 6.07) is 6.06. The van der Waals surface area contributed by atoms with Crippen LogP contribution in [-0.2, 0) is 0 Å². The number of nitrogens with one attached hydrogen (secondary N) is 2. The summed E-state index contributed by atoms with van der Waals surface area (Å²) in [4.78, 5) is 25.4. The molecule has 2 N–H and O–H groups in total. The maximum Gasteiger partial charge on any atom is 0.275 e. The number of rotatable bonds is 10. The zero-order valence-electron chi connectivity index (χ0n) is 17.6. The van der Waals surface area contributed by atoms with Gasteiger partial charge in [0.2, 0.25) is 0 Å². The normalized spacial score (nSPS) is 10.8. The molecule has 0 aliphatic heterocycles. The molecule has 1 heterocycles. The Hall–Kier alpha value is -2.67. The molecule has 1 amide bonds. The third-order valence-corrected chi connectivity index (χ3v) is 4.56. The summed E-state index contributed by atoms with van der Waals surface area (Å²) in [7, 11) is 4.10. The molecule has 0 saturated heterocycles. The number of hydrogen-bond donors (Lipinski definition) is 2. The zero-order valence-corrected chi connectivity index (χ0v) is 17.6. The van der Waals surface area contributed by atoms with Crippen molar-refractivity contribution >= 4 is 23.1 Å². The van der Waals surface area contributed by atoms with Crippen LogP contribution >= 0.6 is 0 Å². The molecule has 1 aromatic carbocycles. The molecule has 2 aromatic rings. The Bertz CT molecular complexity index is 756. The van der Waals surface area contributed by atoms with Crippen LogP contribution in [0.1, 0.15) is 36.3 Å². The van der Waals surface area contributed by atoms with E-state index in [4.69, 9.17) is 0 Å². The average molecular weight is 385 g/mol. The summed E-state index contributed by atoms with van der Waals surface area (Å²) in [6.45, 7) is 9.99. The summed E-state index contributed by atoms with van der Waals surface area (Å²) < 4.78 is 0. The Labute approximate surface area is 168 Å². The Balaban J connectivity index is 1.95. The quantitative estimate of drug-likeness (QED) is 0.613. The molecule has 152 valence electrons. The Kier molecular flexibility index (Phi) is 8.19. The number of benzene rings is 1. The second-order valence-corrected chi connectivity index (χ2v) is 7.00. The minimum Gasteiger partial charge on any atom is -0.372 e. The number of nitrogens with zero attached hydrogens (tertiary/aromatic N) is 4. The lowest BCUT2D eigenvalue weighted by atomic mass is 10.1. The SMILES string of the molecule is CCN(CC)c1ccc(NC(=O)c2cnc(NCCCN(C)C)cn2)c(C)c1. The zero-order chi connectivity index (χ0) is 20.5. The molecule has 0 radical (unpaired) electrons. The fraction of sp³-hybridized carbons (Fsp3) is 0.476. The number of aromatic nitrogens is 2. The van der Waals surface area contributed by atoms with Crippen molar-refractivity contribution in [2.75, 3.05) is 55.8 Å². The number of carbonyl (C=O) groups excluding carboxylic acids is 1. The molecule has 0 bridgehead atoms. The molecule has 0 saturated carbocycles. The molecule has 0 atom stereocenters. The van der Waals surface area contributed by atoms with Crippen LogP contribution in [0.5, 0.6) is 0 Å². The molecule has 7 nitrogen and oxygen atoms in total. The molecule has 0 spiro atoms. The van der Waals surface area contributed by atoms with Gasteiger partial charge in [-0.05, 0) is 71.6 Å². The van der Waals surface area contributed by atoms with Crippen LogP contribution in [0.3, 0.4) is 0 Å². The molecule has 7 heteroatoms. The second-order valence-electron chi connectivity index (χ2n) is 7.00. The maximum absolute atomic E-state index is 12.5. The van der Waals surface area contributed by atoms with E-state index in [0.29, 0.717) is 11.5 Å². The number of hydrogen-bond acceptors (Lipinski definition) is 6. The second kappa shape index (κ2) is 10.6. The van der Waals surface area contributed by atoms with Gasteiger partial charge in [0.25, 0.3) is 5.91 Å². The molecule has 0 aliphatic rings. The lowest BCUT2D eigenvalue weighted by Gasteiger charge is -2.22. The lowest BCUT2D eigenvalue weighted by molar-refractivity contribution is 0.102. The highest BCUT2D eigenvalue weighted by atomic mass is 16.1. The van der Waals surface area contributed by atoms with E-state index in [9.17, 15) is 4.79 Å². The number of amides is 1. The van der Waals surface area contributed by atoms with Crippen LogP contribution in [-0.4, -0.2) is 61.0 Å². The van der Waals surface area contributed by atoms with Crippen molar-refractivity contribution in [2.24, 2.45) is 0 Å². The molecule has 2 rings (SSSR count). The first-order valence-corrected chi connectivity index (χ1v) is 9.82. The van der Waals surface area contributed by atoms with Gasteiger partial charge in [-0.25, -0.2) is 9.97 Å². The highest BCUT2D eigenvalue weighted by Crippen LogP contribution is 2.23. The van der Waals surface area contributed by atoms with Gasteiger partial charge in [-0.3, -0.25) is 4.79 Å². The third-order valence-electron chi connectivity index (χ3n) is 4.56. The van der Waals surface area contributed by atoms with Crippen LogP contribution in [0.25, 0.3) is 0 Å². The van der Waals surface area contributed by atoms with Gasteiger partial charge in [0.15, 0.2) is 0 Å². The van der Waals surface area contributed by atoms with Crippen molar-refractivity contribution in [2.45, 2.75) is 27.2 Å². The monoisotopic (exact) mass is 384 g/mol. The summed E-state index contributed by atoms with van der Waals surface area (Å²) in [5.41, 5.74) is 3.26. The van der Waals surface area contributed by atoms with E-state index < -0.39 is 0 Å². The predicted molar refractivity (Wildman–Crippen MR) is 116 cm³/mol. The molecule has 1 aromatic heterocycles. The Morgan fingerprint density at radius 1 is 1.11 bits per heavy atom. The fourth-order valence-electron chi connectivity index (χ4n) is 2.91. The lowest BCUT2D eigenvalue weighted by Crippen LogP contribution is -2.22. The van der Waals surface area contributed by atoms with E-state index in [1.54, 1.807) is 6.20 Å². The minimum atomic E-state index is -0.259. The van der Waals surface area contributed by atoms with E-state index in [-0.39, 0.29) is 5.91 Å². The minimum absolute atomic E-state index is 0.259. The van der Waals surface area contributed by atoms with Crippen molar-refractivity contribution in [1.82, 2.24) is 14.9 Å². The largest absolute Gasteiger partial charge is 0.372 e. The van der Waals surface area contributed by atoms with Crippen LogP contribution in [0.15, 0.2) is 30.6 Å². The van der Waals surface area contributed by atoms with Crippen molar-refractivity contribution in [3.05, 3.63) is 41.9 Å². The van der Waals surface area contributed by atoms with Gasteiger partial charge in [0.1, 0.15) is 11.5 Å². The van der Waals surface area contributed by atoms with E-state index in [1.807, 2.05) is 33.2 Å². The first-order chi connectivity index (χ1) is 13.4. The van der Waals surface area contributed by atoms with Crippen LogP contribution < -0.4 is 15.5 Å². The fourth-order valence-corrected chi connectivity index (χ4v) is 2.91. The van der Waals surface area contributed by atoms with Gasteiger partial charge in [-0.15, -0.1) is 0 Å². The van der Waals surface area contributed by atoms with E-state index >= 15 is 0 Å². The smallest absolute Gasteiger partial charge is 0.275 e. The standard InChI is InChI=1S/C21H32N6O/c1-6-27(7-2)17-9-10-18(16(3)13-17)25-21(28)19-14-24-20(15-23-19)22-11-8-12-26(4)5/h9-10,13-15H,6-8,11-12H2,1-5H3,(H,22,24)(H,25,28). The Morgan fingerprint density at radius 3 is 2.43 bits per heavy atom. The summed E-state index contributed by atoms with van der Waals surface area (Å²) in [5, 5.41) is 6.14. The summed E-state index contributed by atoms with van der Waals surface area (Å²) in [5.74, 6) is 0.417. The molecule has 0 aliphatic carbocycles. The molecule has 28 heavy (non-hydrogen) atoms. The van der Waals surface area contributed by atoms with Crippen LogP contribution in [0.4, 0.5) is 17.2 Å². The predicted octanol–water partition coefficient (Wildman–Crippen LogP) is 3.25. The van der Waals surface area contributed by atoms with Gasteiger partial charge >= 0.3 is 0 Å². The van der Waals surface area contributed by atoms with Crippen molar-refractivity contribution in [3.8, 4) is 0 Å². The molecular weight excluding hydrogens is 352 g/mol. The van der Waals surface area contributed by atoms with Crippen LogP contribution in [0, 0.1) is 6.92 Å². The number of aryl methyl sites for hydroxylation is 1. The number of carbonyl (C=O) groups is 1. The molecular formula is C21H32N6O. The van der Waals surface area contributed by atoms with Gasteiger partial charge in [0, 0.05) is 31.0 Å². The highest BCUT2D eigenvalue weighted by Gasteiger charge is 2.11. The first kappa shape index (κ1) is 21.6. The van der Waals surface area contributed by atoms with Crippen molar-refractivity contribution in [3.63, 3.8) is 0 Å². The summed E-state index contributed by atoms with van der Waals surface area (Å²) in [6.07, 6.45) is 4.11. The van der Waals surface area contributed by atoms with E-state index in [0.717, 1.165) is 49.5 Å². The van der Waals surface area contributed by atoms with Gasteiger partial charge in [-0.1, -0.05) is 0 Å². The van der Waals surface area contributed by atoms with Crippen LogP contribution in [0.2, 0.25) is 0 Å². The van der Waals surface area contributed by atoms with Gasteiger partial charge < -0.3 is 20.4 Å². The van der Waals surface area contributed by atoms with Crippen molar-refractivity contribution in [1.29, 1.82) is 0 Å². The Morgan fingerprint density at radius 2 is 1.86 bits per heavy atom. The first-order valence-electron chi connectivity index (χ1n) is 9.82.